The maximum atomic E-state index is 6.05. The molecule has 0 saturated carbocycles. The summed E-state index contributed by atoms with van der Waals surface area (Å²) in [6.07, 6.45) is 5.64. The Morgan fingerprint density at radius 2 is 1.60 bits per heavy atom. The third-order valence-corrected chi connectivity index (χ3v) is 11.6. The summed E-state index contributed by atoms with van der Waals surface area (Å²) >= 11 is 0. The van der Waals surface area contributed by atoms with Crippen molar-refractivity contribution in [2.24, 2.45) is 5.41 Å². The molecule has 0 amide bonds. The third kappa shape index (κ3) is 3.65. The number of benzene rings is 1. The van der Waals surface area contributed by atoms with Crippen LogP contribution in [-0.2, 0) is 0 Å². The predicted molar refractivity (Wildman–Crippen MR) is 115 cm³/mol. The summed E-state index contributed by atoms with van der Waals surface area (Å²) in [5.41, 5.74) is 5.66. The summed E-state index contributed by atoms with van der Waals surface area (Å²) in [7, 11) is 0.134. The zero-order chi connectivity index (χ0) is 19.2. The Morgan fingerprint density at radius 3 is 2.08 bits per heavy atom. The molecule has 1 aromatic carbocycles. The number of methoxy groups -OCH3 is 1. The lowest BCUT2D eigenvalue weighted by molar-refractivity contribution is 0.416. The van der Waals surface area contributed by atoms with Crippen molar-refractivity contribution in [2.45, 2.75) is 73.0 Å². The van der Waals surface area contributed by atoms with E-state index in [-0.39, 0.29) is 10.5 Å². The van der Waals surface area contributed by atoms with E-state index in [0.717, 1.165) is 12.2 Å². The number of aryl methyl sites for hydroxylation is 1. The van der Waals surface area contributed by atoms with E-state index in [9.17, 15) is 0 Å². The van der Waals surface area contributed by atoms with Crippen molar-refractivity contribution in [2.75, 3.05) is 7.11 Å². The SMILES string of the molecule is COc1c(C2=C(C(C)(C)C)CC=C2)cc(C)cc1[Si](C)(C)C(C)(C)C. The Morgan fingerprint density at radius 1 is 1.00 bits per heavy atom. The van der Waals surface area contributed by atoms with Crippen LogP contribution >= 0.6 is 0 Å². The molecule has 2 rings (SSSR count). The molecule has 0 heterocycles. The fourth-order valence-electron chi connectivity index (χ4n) is 3.53. The second-order valence-electron chi connectivity index (χ2n) is 10.0. The van der Waals surface area contributed by atoms with Crippen LogP contribution < -0.4 is 9.92 Å². The molecule has 0 fully saturated rings. The van der Waals surface area contributed by atoms with Gasteiger partial charge in [0.1, 0.15) is 5.75 Å². The predicted octanol–water partition coefficient (Wildman–Crippen LogP) is 6.48. The Bertz CT molecular complexity index is 722. The molecular weight excluding hydrogens is 320 g/mol. The molecule has 0 unspecified atom stereocenters. The number of allylic oxidation sites excluding steroid dienone is 4. The lowest BCUT2D eigenvalue weighted by Gasteiger charge is -2.39. The van der Waals surface area contributed by atoms with E-state index in [1.807, 2.05) is 7.11 Å². The van der Waals surface area contributed by atoms with Crippen LogP contribution in [0.25, 0.3) is 5.57 Å². The van der Waals surface area contributed by atoms with E-state index in [0.29, 0.717) is 0 Å². The molecule has 138 valence electrons. The summed E-state index contributed by atoms with van der Waals surface area (Å²) in [4.78, 5) is 0. The molecule has 0 saturated heterocycles. The molecule has 1 aliphatic carbocycles. The van der Waals surface area contributed by atoms with Crippen molar-refractivity contribution < 1.29 is 4.74 Å². The highest BCUT2D eigenvalue weighted by Crippen LogP contribution is 2.44. The van der Waals surface area contributed by atoms with Crippen LogP contribution in [0.15, 0.2) is 29.9 Å². The standard InChI is InChI=1S/C23H36OSi/c1-16-14-18(17-12-11-13-19(17)22(2,3)4)21(24-8)20(15-16)25(9,10)23(5,6)7/h11-12,14-15H,13H2,1-10H3. The van der Waals surface area contributed by atoms with Gasteiger partial charge in [0.15, 0.2) is 0 Å². The largest absolute Gasteiger partial charge is 0.496 e. The Labute approximate surface area is 156 Å². The molecule has 0 bridgehead atoms. The molecule has 0 atom stereocenters. The molecule has 0 aliphatic heterocycles. The Hall–Kier alpha value is -1.28. The second kappa shape index (κ2) is 6.46. The molecule has 0 spiro atoms. The van der Waals surface area contributed by atoms with Crippen molar-refractivity contribution in [3.05, 3.63) is 41.0 Å². The number of rotatable bonds is 3. The minimum Gasteiger partial charge on any atom is -0.496 e. The highest BCUT2D eigenvalue weighted by Gasteiger charge is 2.40. The molecule has 2 heteroatoms. The molecule has 1 aromatic rings. The average Bonchev–Trinajstić information content (AvgIpc) is 2.94. The van der Waals surface area contributed by atoms with E-state index in [4.69, 9.17) is 4.74 Å². The van der Waals surface area contributed by atoms with Gasteiger partial charge in [-0.25, -0.2) is 0 Å². The Kier molecular flexibility index (Phi) is 5.18. The van der Waals surface area contributed by atoms with E-state index in [2.05, 4.69) is 85.8 Å². The summed E-state index contributed by atoms with van der Waals surface area (Å²) < 4.78 is 6.05. The van der Waals surface area contributed by atoms with Gasteiger partial charge >= 0.3 is 0 Å². The van der Waals surface area contributed by atoms with Crippen molar-refractivity contribution in [1.29, 1.82) is 0 Å². The minimum atomic E-state index is -1.70. The molecular formula is C23H36OSi. The van der Waals surface area contributed by atoms with Gasteiger partial charge in [-0.3, -0.25) is 0 Å². The van der Waals surface area contributed by atoms with Gasteiger partial charge in [-0.1, -0.05) is 84.0 Å². The number of hydrogen-bond donors (Lipinski definition) is 0. The van der Waals surface area contributed by atoms with Gasteiger partial charge in [0.25, 0.3) is 0 Å². The van der Waals surface area contributed by atoms with Gasteiger partial charge in [0.05, 0.1) is 15.2 Å². The van der Waals surface area contributed by atoms with E-state index in [1.54, 1.807) is 0 Å². The highest BCUT2D eigenvalue weighted by molar-refractivity contribution is 6.92. The van der Waals surface area contributed by atoms with Gasteiger partial charge < -0.3 is 4.74 Å². The quantitative estimate of drug-likeness (QED) is 0.563. The molecule has 0 radical (unpaired) electrons. The third-order valence-electron chi connectivity index (χ3n) is 6.11. The first-order valence-electron chi connectivity index (χ1n) is 9.40. The molecule has 1 nitrogen and oxygen atoms in total. The fourth-order valence-corrected chi connectivity index (χ4v) is 5.73. The van der Waals surface area contributed by atoms with Crippen LogP contribution in [-0.4, -0.2) is 15.2 Å². The lowest BCUT2D eigenvalue weighted by Crippen LogP contribution is -2.50. The molecule has 1 aliphatic rings. The first-order valence-corrected chi connectivity index (χ1v) is 12.4. The van der Waals surface area contributed by atoms with Crippen LogP contribution in [0, 0.1) is 12.3 Å². The zero-order valence-electron chi connectivity index (χ0n) is 17.9. The minimum absolute atomic E-state index is 0.171. The van der Waals surface area contributed by atoms with Gasteiger partial charge in [-0.05, 0) is 40.6 Å². The monoisotopic (exact) mass is 356 g/mol. The van der Waals surface area contributed by atoms with Crippen molar-refractivity contribution in [1.82, 2.24) is 0 Å². The smallest absolute Gasteiger partial charge is 0.125 e. The van der Waals surface area contributed by atoms with Crippen LogP contribution in [0.2, 0.25) is 18.1 Å². The van der Waals surface area contributed by atoms with Crippen LogP contribution in [0.1, 0.15) is 59.1 Å². The molecule has 25 heavy (non-hydrogen) atoms. The first-order chi connectivity index (χ1) is 11.3. The van der Waals surface area contributed by atoms with Crippen molar-refractivity contribution in [3.8, 4) is 5.75 Å². The summed E-state index contributed by atoms with van der Waals surface area (Å²) in [5, 5.41) is 1.72. The molecule has 0 aromatic heterocycles. The first kappa shape index (κ1) is 20.0. The highest BCUT2D eigenvalue weighted by atomic mass is 28.3. The van der Waals surface area contributed by atoms with Crippen molar-refractivity contribution in [3.63, 3.8) is 0 Å². The van der Waals surface area contributed by atoms with Crippen LogP contribution in [0.3, 0.4) is 0 Å². The summed E-state index contributed by atoms with van der Waals surface area (Å²) in [6.45, 7) is 21.2. The van der Waals surface area contributed by atoms with Gasteiger partial charge in [0, 0.05) is 5.56 Å². The van der Waals surface area contributed by atoms with E-state index in [1.165, 1.54) is 27.5 Å². The topological polar surface area (TPSA) is 9.23 Å². The Balaban J connectivity index is 2.80. The van der Waals surface area contributed by atoms with Gasteiger partial charge in [-0.15, -0.1) is 0 Å². The maximum Gasteiger partial charge on any atom is 0.125 e. The average molecular weight is 357 g/mol. The van der Waals surface area contributed by atoms with Crippen LogP contribution in [0.5, 0.6) is 5.75 Å². The molecule has 0 N–H and O–H groups in total. The second-order valence-corrected chi connectivity index (χ2v) is 15.3. The fraction of sp³-hybridized carbons (Fsp3) is 0.565. The summed E-state index contributed by atoms with van der Waals surface area (Å²) in [6, 6.07) is 4.68. The maximum absolute atomic E-state index is 6.05. The number of ether oxygens (including phenoxy) is 1. The van der Waals surface area contributed by atoms with E-state index < -0.39 is 8.07 Å². The van der Waals surface area contributed by atoms with Gasteiger partial charge in [-0.2, -0.15) is 0 Å². The van der Waals surface area contributed by atoms with Gasteiger partial charge in [0.2, 0.25) is 0 Å². The van der Waals surface area contributed by atoms with E-state index >= 15 is 0 Å². The summed E-state index contributed by atoms with van der Waals surface area (Å²) in [5.74, 6) is 1.10. The zero-order valence-corrected chi connectivity index (χ0v) is 18.9. The van der Waals surface area contributed by atoms with Crippen molar-refractivity contribution >= 4 is 18.8 Å². The van der Waals surface area contributed by atoms with Crippen LogP contribution in [0.4, 0.5) is 0 Å². The normalized spacial score (nSPS) is 15.9. The lowest BCUT2D eigenvalue weighted by atomic mass is 9.82. The number of hydrogen-bond acceptors (Lipinski definition) is 1.